The van der Waals surface area contributed by atoms with Crippen molar-refractivity contribution in [3.63, 3.8) is 0 Å². The molecule has 0 aliphatic carbocycles. The minimum atomic E-state index is -0.462. The van der Waals surface area contributed by atoms with Crippen molar-refractivity contribution >= 4 is 29.4 Å². The molecule has 8 heteroatoms. The number of halogens is 1. The Morgan fingerprint density at radius 1 is 1.09 bits per heavy atom. The molecule has 33 heavy (non-hydrogen) atoms. The molecular formula is C25H23ClN4O3. The molecule has 168 valence electrons. The summed E-state index contributed by atoms with van der Waals surface area (Å²) in [7, 11) is 0. The lowest BCUT2D eigenvalue weighted by Gasteiger charge is -2.31. The number of benzene rings is 2. The molecule has 2 N–H and O–H groups in total. The first kappa shape index (κ1) is 22.5. The van der Waals surface area contributed by atoms with E-state index in [0.29, 0.717) is 29.1 Å². The van der Waals surface area contributed by atoms with Gasteiger partial charge in [-0.25, -0.2) is 4.79 Å². The number of carbonyl (C=O) groups excluding carboxylic acids is 3. The lowest BCUT2D eigenvalue weighted by molar-refractivity contribution is -0.130. The summed E-state index contributed by atoms with van der Waals surface area (Å²) in [6.45, 7) is 0.548. The van der Waals surface area contributed by atoms with Crippen LogP contribution in [-0.4, -0.2) is 34.3 Å². The fourth-order valence-electron chi connectivity index (χ4n) is 3.68. The van der Waals surface area contributed by atoms with Crippen molar-refractivity contribution in [2.45, 2.75) is 25.4 Å². The molecule has 1 fully saturated rings. The number of nitrogens with one attached hydrogen (secondary N) is 2. The third-order valence-electron chi connectivity index (χ3n) is 5.42. The molecule has 1 unspecified atom stereocenters. The average molecular weight is 463 g/mol. The highest BCUT2D eigenvalue weighted by Gasteiger charge is 2.32. The van der Waals surface area contributed by atoms with E-state index >= 15 is 0 Å². The number of nitrogens with zero attached hydrogens (tertiary/aromatic N) is 2. The van der Waals surface area contributed by atoms with E-state index in [4.69, 9.17) is 11.6 Å². The van der Waals surface area contributed by atoms with Gasteiger partial charge in [-0.3, -0.25) is 19.5 Å². The Bertz CT molecular complexity index is 1130. The summed E-state index contributed by atoms with van der Waals surface area (Å²) < 4.78 is 0. The number of imide groups is 1. The molecule has 3 aromatic rings. The SMILES string of the molecule is O=C(NCCc1ccccn1)c1cccc(CN2C(=O)CC(c3ccc(Cl)cc3)NC2=O)c1. The second-order valence-corrected chi connectivity index (χ2v) is 8.20. The predicted octanol–water partition coefficient (Wildman–Crippen LogP) is 3.89. The molecule has 2 heterocycles. The predicted molar refractivity (Wildman–Crippen MR) is 125 cm³/mol. The second kappa shape index (κ2) is 10.3. The third kappa shape index (κ3) is 5.75. The van der Waals surface area contributed by atoms with Crippen molar-refractivity contribution in [2.24, 2.45) is 0 Å². The quantitative estimate of drug-likeness (QED) is 0.557. The van der Waals surface area contributed by atoms with Crippen LogP contribution in [0.4, 0.5) is 4.79 Å². The van der Waals surface area contributed by atoms with Gasteiger partial charge in [-0.15, -0.1) is 0 Å². The van der Waals surface area contributed by atoms with Gasteiger partial charge in [-0.05, 0) is 47.5 Å². The van der Waals surface area contributed by atoms with E-state index in [1.165, 1.54) is 4.90 Å². The topological polar surface area (TPSA) is 91.4 Å². The van der Waals surface area contributed by atoms with Gasteiger partial charge in [0.1, 0.15) is 0 Å². The Hall–Kier alpha value is -3.71. The van der Waals surface area contributed by atoms with Gasteiger partial charge in [0.15, 0.2) is 0 Å². The van der Waals surface area contributed by atoms with Gasteiger partial charge >= 0.3 is 6.03 Å². The van der Waals surface area contributed by atoms with Crippen molar-refractivity contribution < 1.29 is 14.4 Å². The van der Waals surface area contributed by atoms with E-state index in [0.717, 1.165) is 11.3 Å². The molecule has 1 aliphatic heterocycles. The van der Waals surface area contributed by atoms with Crippen LogP contribution in [0.15, 0.2) is 72.9 Å². The summed E-state index contributed by atoms with van der Waals surface area (Å²) in [4.78, 5) is 43.3. The summed E-state index contributed by atoms with van der Waals surface area (Å²) >= 11 is 5.92. The molecule has 4 amide bonds. The molecular weight excluding hydrogens is 440 g/mol. The molecule has 2 aromatic carbocycles. The number of rotatable bonds is 7. The van der Waals surface area contributed by atoms with Gasteiger partial charge < -0.3 is 10.6 Å². The smallest absolute Gasteiger partial charge is 0.324 e. The lowest BCUT2D eigenvalue weighted by Crippen LogP contribution is -2.50. The summed E-state index contributed by atoms with van der Waals surface area (Å²) in [5.74, 6) is -0.492. The minimum absolute atomic E-state index is 0.0903. The number of hydrogen-bond acceptors (Lipinski definition) is 4. The molecule has 4 rings (SSSR count). The Kier molecular flexibility index (Phi) is 7.00. The van der Waals surface area contributed by atoms with Crippen LogP contribution in [0, 0.1) is 0 Å². The minimum Gasteiger partial charge on any atom is -0.352 e. The second-order valence-electron chi connectivity index (χ2n) is 7.76. The zero-order valence-corrected chi connectivity index (χ0v) is 18.6. The summed E-state index contributed by atoms with van der Waals surface area (Å²) in [5, 5.41) is 6.34. The van der Waals surface area contributed by atoms with E-state index in [-0.39, 0.29) is 24.8 Å². The Morgan fingerprint density at radius 3 is 2.64 bits per heavy atom. The number of carbonyl (C=O) groups is 3. The first-order chi connectivity index (χ1) is 16.0. The van der Waals surface area contributed by atoms with Crippen LogP contribution < -0.4 is 10.6 Å². The van der Waals surface area contributed by atoms with Crippen LogP contribution in [0.1, 0.15) is 39.6 Å². The monoisotopic (exact) mass is 462 g/mol. The fraction of sp³-hybridized carbons (Fsp3) is 0.200. The Labute approximate surface area is 196 Å². The van der Waals surface area contributed by atoms with Crippen LogP contribution in [0.25, 0.3) is 0 Å². The zero-order chi connectivity index (χ0) is 23.2. The molecule has 0 radical (unpaired) electrons. The molecule has 1 aliphatic rings. The van der Waals surface area contributed by atoms with Crippen molar-refractivity contribution in [1.82, 2.24) is 20.5 Å². The maximum Gasteiger partial charge on any atom is 0.324 e. The largest absolute Gasteiger partial charge is 0.352 e. The molecule has 0 spiro atoms. The van der Waals surface area contributed by atoms with Gasteiger partial charge in [0, 0.05) is 35.4 Å². The maximum absolute atomic E-state index is 12.7. The van der Waals surface area contributed by atoms with Crippen molar-refractivity contribution in [3.8, 4) is 0 Å². The summed E-state index contributed by atoms with van der Waals surface area (Å²) in [6.07, 6.45) is 2.50. The highest BCUT2D eigenvalue weighted by molar-refractivity contribution is 6.30. The maximum atomic E-state index is 12.7. The van der Waals surface area contributed by atoms with E-state index < -0.39 is 12.1 Å². The van der Waals surface area contributed by atoms with Crippen LogP contribution in [0.3, 0.4) is 0 Å². The van der Waals surface area contributed by atoms with E-state index in [1.54, 1.807) is 54.7 Å². The molecule has 0 saturated carbocycles. The third-order valence-corrected chi connectivity index (χ3v) is 5.67. The van der Waals surface area contributed by atoms with E-state index in [2.05, 4.69) is 15.6 Å². The van der Waals surface area contributed by atoms with Crippen LogP contribution in [0.5, 0.6) is 0 Å². The highest BCUT2D eigenvalue weighted by atomic mass is 35.5. The average Bonchev–Trinajstić information content (AvgIpc) is 2.82. The Morgan fingerprint density at radius 2 is 1.91 bits per heavy atom. The number of urea groups is 1. The first-order valence-corrected chi connectivity index (χ1v) is 11.0. The molecule has 1 aromatic heterocycles. The summed E-state index contributed by atoms with van der Waals surface area (Å²) in [6, 6.07) is 18.8. The Balaban J connectivity index is 1.35. The van der Waals surface area contributed by atoms with Gasteiger partial charge in [-0.2, -0.15) is 0 Å². The molecule has 0 bridgehead atoms. The molecule has 1 atom stereocenters. The zero-order valence-electron chi connectivity index (χ0n) is 17.8. The van der Waals surface area contributed by atoms with Crippen molar-refractivity contribution in [3.05, 3.63) is 100 Å². The van der Waals surface area contributed by atoms with Crippen LogP contribution in [-0.2, 0) is 17.8 Å². The molecule has 7 nitrogen and oxygen atoms in total. The van der Waals surface area contributed by atoms with Crippen molar-refractivity contribution in [2.75, 3.05) is 6.54 Å². The van der Waals surface area contributed by atoms with Crippen LogP contribution >= 0.6 is 11.6 Å². The highest BCUT2D eigenvalue weighted by Crippen LogP contribution is 2.25. The van der Waals surface area contributed by atoms with E-state index in [9.17, 15) is 14.4 Å². The number of amides is 4. The number of hydrogen-bond donors (Lipinski definition) is 2. The van der Waals surface area contributed by atoms with Gasteiger partial charge in [-0.1, -0.05) is 41.9 Å². The number of pyridine rings is 1. The van der Waals surface area contributed by atoms with Gasteiger partial charge in [0.25, 0.3) is 5.91 Å². The summed E-state index contributed by atoms with van der Waals surface area (Å²) in [5.41, 5.74) is 2.89. The number of aromatic nitrogens is 1. The van der Waals surface area contributed by atoms with Crippen molar-refractivity contribution in [1.29, 1.82) is 0 Å². The van der Waals surface area contributed by atoms with Crippen LogP contribution in [0.2, 0.25) is 5.02 Å². The van der Waals surface area contributed by atoms with E-state index in [1.807, 2.05) is 18.2 Å². The molecule has 1 saturated heterocycles. The first-order valence-electron chi connectivity index (χ1n) is 10.6. The lowest BCUT2D eigenvalue weighted by atomic mass is 10.0. The normalized spacial score (nSPS) is 15.8. The standard InChI is InChI=1S/C25H23ClN4O3/c26-20-9-7-18(8-10-20)22-15-23(31)30(25(33)29-22)16-17-4-3-5-19(14-17)24(32)28-13-11-21-6-1-2-12-27-21/h1-10,12,14,22H,11,13,15-16H2,(H,28,32)(H,29,33). The van der Waals surface area contributed by atoms with Gasteiger partial charge in [0.2, 0.25) is 5.91 Å². The van der Waals surface area contributed by atoms with Gasteiger partial charge in [0.05, 0.1) is 19.0 Å². The fourth-order valence-corrected chi connectivity index (χ4v) is 3.80.